The number of carbonyl (C=O) groups is 1. The zero-order valence-corrected chi connectivity index (χ0v) is 17.2. The summed E-state index contributed by atoms with van der Waals surface area (Å²) in [5, 5.41) is 3.55. The SMILES string of the molecule is NC(=O)c1cn(C2CCC(Nc3cc(C(F)(F)F)nc(C(F)(F)F)c3)CC2)c2ccccc12. The molecule has 1 amide bonds. The molecule has 5 nitrogen and oxygen atoms in total. The smallest absolute Gasteiger partial charge is 0.382 e. The summed E-state index contributed by atoms with van der Waals surface area (Å²) in [5.74, 6) is -0.543. The molecule has 1 aliphatic carbocycles. The van der Waals surface area contributed by atoms with Gasteiger partial charge in [-0.2, -0.15) is 26.3 Å². The number of rotatable bonds is 4. The Labute approximate surface area is 184 Å². The molecule has 4 rings (SSSR count). The minimum atomic E-state index is -5.00. The highest BCUT2D eigenvalue weighted by atomic mass is 19.4. The minimum Gasteiger partial charge on any atom is -0.382 e. The minimum absolute atomic E-state index is 0.0231. The summed E-state index contributed by atoms with van der Waals surface area (Å²) >= 11 is 0. The van der Waals surface area contributed by atoms with Gasteiger partial charge in [-0.25, -0.2) is 4.98 Å². The summed E-state index contributed by atoms with van der Waals surface area (Å²) in [5.41, 5.74) is 3.29. The van der Waals surface area contributed by atoms with Gasteiger partial charge in [0.25, 0.3) is 5.91 Å². The van der Waals surface area contributed by atoms with Crippen LogP contribution in [0.4, 0.5) is 32.0 Å². The molecule has 176 valence electrons. The zero-order chi connectivity index (χ0) is 24.0. The maximum Gasteiger partial charge on any atom is 0.433 e. The van der Waals surface area contributed by atoms with E-state index in [1.165, 1.54) is 0 Å². The number of carbonyl (C=O) groups excluding carboxylic acids is 1. The van der Waals surface area contributed by atoms with Crippen molar-refractivity contribution in [2.45, 2.75) is 50.1 Å². The van der Waals surface area contributed by atoms with Crippen molar-refractivity contribution in [2.75, 3.05) is 5.32 Å². The second kappa shape index (κ2) is 8.27. The van der Waals surface area contributed by atoms with Crippen LogP contribution >= 0.6 is 0 Å². The number of fused-ring (bicyclic) bond motifs is 1. The lowest BCUT2D eigenvalue weighted by Gasteiger charge is -2.31. The van der Waals surface area contributed by atoms with Crippen LogP contribution < -0.4 is 11.1 Å². The van der Waals surface area contributed by atoms with Crippen molar-refractivity contribution < 1.29 is 31.1 Å². The Kier molecular flexibility index (Phi) is 5.75. The van der Waals surface area contributed by atoms with E-state index in [1.807, 2.05) is 16.7 Å². The third-order valence-electron chi connectivity index (χ3n) is 5.87. The van der Waals surface area contributed by atoms with E-state index >= 15 is 0 Å². The van der Waals surface area contributed by atoms with Crippen molar-refractivity contribution in [3.8, 4) is 0 Å². The molecule has 2 aromatic heterocycles. The van der Waals surface area contributed by atoms with Crippen molar-refractivity contribution in [1.29, 1.82) is 0 Å². The summed E-state index contributed by atoms with van der Waals surface area (Å²) in [7, 11) is 0. The monoisotopic (exact) mass is 470 g/mol. The Bertz CT molecular complexity index is 1140. The average Bonchev–Trinajstić information content (AvgIpc) is 3.13. The first kappa shape index (κ1) is 22.9. The number of nitrogens with two attached hydrogens (primary N) is 1. The summed E-state index contributed by atoms with van der Waals surface area (Å²) < 4.78 is 80.3. The molecule has 0 atom stereocenters. The number of halogens is 6. The lowest BCUT2D eigenvalue weighted by atomic mass is 9.90. The van der Waals surface area contributed by atoms with Gasteiger partial charge >= 0.3 is 12.4 Å². The number of primary amides is 1. The number of alkyl halides is 6. The number of nitrogens with one attached hydrogen (secondary N) is 1. The summed E-state index contributed by atoms with van der Waals surface area (Å²) in [6.45, 7) is 0. The Morgan fingerprint density at radius 3 is 2.09 bits per heavy atom. The number of hydrogen-bond acceptors (Lipinski definition) is 3. The van der Waals surface area contributed by atoms with Crippen molar-refractivity contribution in [2.24, 2.45) is 5.73 Å². The lowest BCUT2D eigenvalue weighted by molar-refractivity contribution is -0.150. The molecule has 0 unspecified atom stereocenters. The van der Waals surface area contributed by atoms with Crippen molar-refractivity contribution in [3.63, 3.8) is 0 Å². The molecule has 0 aliphatic heterocycles. The maximum absolute atomic E-state index is 13.0. The van der Waals surface area contributed by atoms with Crippen molar-refractivity contribution >= 4 is 22.5 Å². The predicted octanol–water partition coefficient (Wildman–Crippen LogP) is 5.77. The van der Waals surface area contributed by atoms with E-state index in [2.05, 4.69) is 10.3 Å². The van der Waals surface area contributed by atoms with Gasteiger partial charge in [0.2, 0.25) is 0 Å². The molecule has 0 radical (unpaired) electrons. The second-order valence-corrected chi connectivity index (χ2v) is 8.10. The normalized spacial score (nSPS) is 19.6. The fraction of sp³-hybridized carbons (Fsp3) is 0.364. The largest absolute Gasteiger partial charge is 0.433 e. The van der Waals surface area contributed by atoms with Crippen LogP contribution in [-0.2, 0) is 12.4 Å². The van der Waals surface area contributed by atoms with E-state index in [1.54, 1.807) is 18.3 Å². The standard InChI is InChI=1S/C22H20F6N4O/c23-21(24,25)18-9-13(10-19(31-18)22(26,27)28)30-12-5-7-14(8-6-12)32-11-16(20(29)33)15-3-1-2-4-17(15)32/h1-4,9-12,14H,5-8H2,(H2,29,33)(H,30,31). The second-order valence-electron chi connectivity index (χ2n) is 8.10. The molecule has 1 aromatic carbocycles. The molecule has 0 spiro atoms. The van der Waals surface area contributed by atoms with Crippen LogP contribution in [0.25, 0.3) is 10.9 Å². The highest BCUT2D eigenvalue weighted by molar-refractivity contribution is 6.06. The summed E-state index contributed by atoms with van der Waals surface area (Å²) in [6, 6.07) is 8.24. The Hall–Kier alpha value is -3.24. The Balaban J connectivity index is 1.52. The van der Waals surface area contributed by atoms with Gasteiger partial charge in [0.1, 0.15) is 11.4 Å². The van der Waals surface area contributed by atoms with E-state index in [-0.39, 0.29) is 17.8 Å². The number of benzene rings is 1. The van der Waals surface area contributed by atoms with Gasteiger partial charge in [0.15, 0.2) is 0 Å². The number of amides is 1. The molecule has 1 fully saturated rings. The lowest BCUT2D eigenvalue weighted by Crippen LogP contribution is -2.28. The highest BCUT2D eigenvalue weighted by Crippen LogP contribution is 2.37. The molecule has 3 N–H and O–H groups in total. The molecule has 1 saturated carbocycles. The van der Waals surface area contributed by atoms with Crippen LogP contribution in [0.15, 0.2) is 42.6 Å². The van der Waals surface area contributed by atoms with Crippen LogP contribution in [0.2, 0.25) is 0 Å². The fourth-order valence-corrected chi connectivity index (χ4v) is 4.34. The van der Waals surface area contributed by atoms with Crippen LogP contribution in [0.5, 0.6) is 0 Å². The third-order valence-corrected chi connectivity index (χ3v) is 5.87. The number of hydrogen-bond donors (Lipinski definition) is 2. The van der Waals surface area contributed by atoms with Crippen LogP contribution in [-0.4, -0.2) is 21.5 Å². The molecular formula is C22H20F6N4O. The first-order chi connectivity index (χ1) is 15.4. The predicted molar refractivity (Wildman–Crippen MR) is 110 cm³/mol. The number of para-hydroxylation sites is 1. The third kappa shape index (κ3) is 4.76. The van der Waals surface area contributed by atoms with Gasteiger partial charge in [0, 0.05) is 34.9 Å². The van der Waals surface area contributed by atoms with Crippen molar-refractivity contribution in [1.82, 2.24) is 9.55 Å². The molecular weight excluding hydrogens is 450 g/mol. The van der Waals surface area contributed by atoms with Crippen LogP contribution in [0.3, 0.4) is 0 Å². The number of aromatic nitrogens is 2. The highest BCUT2D eigenvalue weighted by Gasteiger charge is 2.39. The first-order valence-corrected chi connectivity index (χ1v) is 10.3. The number of nitrogens with zero attached hydrogens (tertiary/aromatic N) is 2. The average molecular weight is 470 g/mol. The fourth-order valence-electron chi connectivity index (χ4n) is 4.34. The van der Waals surface area contributed by atoms with Gasteiger partial charge in [0.05, 0.1) is 5.56 Å². The zero-order valence-electron chi connectivity index (χ0n) is 17.2. The van der Waals surface area contributed by atoms with E-state index in [9.17, 15) is 31.1 Å². The van der Waals surface area contributed by atoms with Gasteiger partial charge in [-0.05, 0) is 43.9 Å². The molecule has 33 heavy (non-hydrogen) atoms. The molecule has 0 saturated heterocycles. The van der Waals surface area contributed by atoms with Gasteiger partial charge in [-0.3, -0.25) is 4.79 Å². The van der Waals surface area contributed by atoms with Gasteiger partial charge in [-0.15, -0.1) is 0 Å². The van der Waals surface area contributed by atoms with Gasteiger partial charge < -0.3 is 15.6 Å². The van der Waals surface area contributed by atoms with E-state index < -0.39 is 29.6 Å². The quantitative estimate of drug-likeness (QED) is 0.476. The van der Waals surface area contributed by atoms with Crippen molar-refractivity contribution in [3.05, 3.63) is 59.5 Å². The number of anilines is 1. The number of pyridine rings is 1. The molecule has 3 aromatic rings. The molecule has 0 bridgehead atoms. The molecule has 11 heteroatoms. The van der Waals surface area contributed by atoms with E-state index in [0.29, 0.717) is 43.4 Å². The van der Waals surface area contributed by atoms with Gasteiger partial charge in [-0.1, -0.05) is 18.2 Å². The summed E-state index contributed by atoms with van der Waals surface area (Å²) in [6.07, 6.45) is -6.00. The van der Waals surface area contributed by atoms with E-state index in [4.69, 9.17) is 5.73 Å². The van der Waals surface area contributed by atoms with Crippen LogP contribution in [0, 0.1) is 0 Å². The van der Waals surface area contributed by atoms with E-state index in [0.717, 1.165) is 10.9 Å². The topological polar surface area (TPSA) is 72.9 Å². The summed E-state index contributed by atoms with van der Waals surface area (Å²) in [4.78, 5) is 14.5. The molecule has 1 aliphatic rings. The Morgan fingerprint density at radius 2 is 1.55 bits per heavy atom. The molecule has 2 heterocycles. The van der Waals surface area contributed by atoms with Crippen LogP contribution in [0.1, 0.15) is 53.5 Å². The first-order valence-electron chi connectivity index (χ1n) is 10.3. The maximum atomic E-state index is 13.0. The Morgan fingerprint density at radius 1 is 0.970 bits per heavy atom.